The number of rotatable bonds is 3. The van der Waals surface area contributed by atoms with Gasteiger partial charge in [0.2, 0.25) is 0 Å². The summed E-state index contributed by atoms with van der Waals surface area (Å²) in [4.78, 5) is 4.07. The minimum atomic E-state index is 0.578. The summed E-state index contributed by atoms with van der Waals surface area (Å²) in [6.45, 7) is 5.44. The molecule has 2 heterocycles. The number of hydrogen-bond acceptors (Lipinski definition) is 3. The van der Waals surface area contributed by atoms with Crippen LogP contribution in [0.4, 0.5) is 0 Å². The molecule has 84 valence electrons. The van der Waals surface area contributed by atoms with Crippen LogP contribution in [0.2, 0.25) is 0 Å². The molecule has 1 aliphatic rings. The molecule has 15 heavy (non-hydrogen) atoms. The second-order valence-corrected chi connectivity index (χ2v) is 5.21. The van der Waals surface area contributed by atoms with Gasteiger partial charge in [0.25, 0.3) is 0 Å². The van der Waals surface area contributed by atoms with Gasteiger partial charge in [0.1, 0.15) is 0 Å². The van der Waals surface area contributed by atoms with Crippen molar-refractivity contribution in [3.63, 3.8) is 0 Å². The highest BCUT2D eigenvalue weighted by Gasteiger charge is 2.31. The fourth-order valence-corrected chi connectivity index (χ4v) is 3.58. The van der Waals surface area contributed by atoms with Crippen molar-refractivity contribution in [1.29, 1.82) is 0 Å². The number of hydrogen-bond donors (Lipinski definition) is 1. The van der Waals surface area contributed by atoms with Crippen LogP contribution < -0.4 is 5.73 Å². The molecule has 1 aromatic rings. The highest BCUT2D eigenvalue weighted by atomic mass is 32.1. The molecule has 1 saturated heterocycles. The Labute approximate surface area is 96.1 Å². The largest absolute Gasteiger partial charge is 0.330 e. The van der Waals surface area contributed by atoms with Gasteiger partial charge >= 0.3 is 0 Å². The maximum Gasteiger partial charge on any atom is 0.0481 e. The number of nitrogens with two attached hydrogens (primary N) is 1. The van der Waals surface area contributed by atoms with Crippen molar-refractivity contribution in [2.75, 3.05) is 19.6 Å². The first-order valence-electron chi connectivity index (χ1n) is 5.84. The van der Waals surface area contributed by atoms with Crippen molar-refractivity contribution in [3.05, 3.63) is 22.4 Å². The number of piperidine rings is 1. The standard InChI is InChI=1S/C12H20N2S/c1-2-14-7-3-5-10(9-13)12(14)11-6-4-8-15-11/h4,6,8,10,12H,2-3,5,7,9,13H2,1H3. The lowest BCUT2D eigenvalue weighted by Crippen LogP contribution is -2.41. The predicted octanol–water partition coefficient (Wildman–Crippen LogP) is 2.48. The first-order chi connectivity index (χ1) is 7.36. The molecule has 0 amide bonds. The summed E-state index contributed by atoms with van der Waals surface area (Å²) in [6.07, 6.45) is 2.59. The molecule has 1 fully saturated rings. The van der Waals surface area contributed by atoms with E-state index >= 15 is 0 Å². The van der Waals surface area contributed by atoms with Crippen LogP contribution in [0.15, 0.2) is 17.5 Å². The summed E-state index contributed by atoms with van der Waals surface area (Å²) < 4.78 is 0. The van der Waals surface area contributed by atoms with E-state index in [-0.39, 0.29) is 0 Å². The summed E-state index contributed by atoms with van der Waals surface area (Å²) in [5, 5.41) is 2.17. The molecule has 2 rings (SSSR count). The van der Waals surface area contributed by atoms with Crippen molar-refractivity contribution < 1.29 is 0 Å². The number of nitrogens with zero attached hydrogens (tertiary/aromatic N) is 1. The van der Waals surface area contributed by atoms with Crippen LogP contribution in [0.3, 0.4) is 0 Å². The molecule has 1 aliphatic heterocycles. The highest BCUT2D eigenvalue weighted by Crippen LogP contribution is 2.37. The second kappa shape index (κ2) is 5.10. The molecule has 2 N–H and O–H groups in total. The van der Waals surface area contributed by atoms with E-state index in [0.29, 0.717) is 12.0 Å². The van der Waals surface area contributed by atoms with Crippen LogP contribution in [0.5, 0.6) is 0 Å². The fourth-order valence-electron chi connectivity index (χ4n) is 2.63. The molecule has 0 aromatic carbocycles. The zero-order valence-corrected chi connectivity index (χ0v) is 10.2. The molecular weight excluding hydrogens is 204 g/mol. The number of likely N-dealkylation sites (tertiary alicyclic amines) is 1. The molecule has 2 nitrogen and oxygen atoms in total. The zero-order valence-electron chi connectivity index (χ0n) is 9.36. The van der Waals surface area contributed by atoms with Gasteiger partial charge in [-0.25, -0.2) is 0 Å². The molecule has 0 bridgehead atoms. The van der Waals surface area contributed by atoms with Crippen LogP contribution in [-0.4, -0.2) is 24.5 Å². The van der Waals surface area contributed by atoms with E-state index in [1.807, 2.05) is 11.3 Å². The van der Waals surface area contributed by atoms with Crippen molar-refractivity contribution in [1.82, 2.24) is 4.90 Å². The Morgan fingerprint density at radius 1 is 1.60 bits per heavy atom. The molecule has 0 spiro atoms. The topological polar surface area (TPSA) is 29.3 Å². The Hall–Kier alpha value is -0.380. The maximum absolute atomic E-state index is 5.89. The molecule has 3 heteroatoms. The smallest absolute Gasteiger partial charge is 0.0481 e. The Morgan fingerprint density at radius 3 is 3.07 bits per heavy atom. The minimum absolute atomic E-state index is 0.578. The summed E-state index contributed by atoms with van der Waals surface area (Å²) in [6, 6.07) is 4.98. The number of thiophene rings is 1. The third-order valence-electron chi connectivity index (χ3n) is 3.40. The minimum Gasteiger partial charge on any atom is -0.330 e. The summed E-state index contributed by atoms with van der Waals surface area (Å²) in [5.74, 6) is 0.650. The van der Waals surface area contributed by atoms with Gasteiger partial charge in [-0.3, -0.25) is 4.90 Å². The van der Waals surface area contributed by atoms with E-state index in [2.05, 4.69) is 29.3 Å². The van der Waals surface area contributed by atoms with Crippen LogP contribution in [0.1, 0.15) is 30.7 Å². The second-order valence-electron chi connectivity index (χ2n) is 4.23. The summed E-state index contributed by atoms with van der Waals surface area (Å²) in [5.41, 5.74) is 5.89. The van der Waals surface area contributed by atoms with E-state index in [1.165, 1.54) is 24.3 Å². The monoisotopic (exact) mass is 224 g/mol. The quantitative estimate of drug-likeness (QED) is 0.854. The predicted molar refractivity (Wildman–Crippen MR) is 66.1 cm³/mol. The van der Waals surface area contributed by atoms with Crippen molar-refractivity contribution >= 4 is 11.3 Å². The average molecular weight is 224 g/mol. The molecule has 2 unspecified atom stereocenters. The van der Waals surface area contributed by atoms with Crippen LogP contribution in [-0.2, 0) is 0 Å². The van der Waals surface area contributed by atoms with Crippen LogP contribution in [0, 0.1) is 5.92 Å². The SMILES string of the molecule is CCN1CCCC(CN)C1c1cccs1. The van der Waals surface area contributed by atoms with Gasteiger partial charge in [-0.2, -0.15) is 0 Å². The van der Waals surface area contributed by atoms with E-state index < -0.39 is 0 Å². The third kappa shape index (κ3) is 2.25. The highest BCUT2D eigenvalue weighted by molar-refractivity contribution is 7.10. The van der Waals surface area contributed by atoms with E-state index in [1.54, 1.807) is 0 Å². The van der Waals surface area contributed by atoms with Gasteiger partial charge in [-0.15, -0.1) is 11.3 Å². The Bertz CT molecular complexity index is 272. The normalized spacial score (nSPS) is 28.1. The van der Waals surface area contributed by atoms with Crippen LogP contribution >= 0.6 is 11.3 Å². The van der Waals surface area contributed by atoms with Crippen LogP contribution in [0.25, 0.3) is 0 Å². The van der Waals surface area contributed by atoms with Crippen molar-refractivity contribution in [2.24, 2.45) is 11.7 Å². The Morgan fingerprint density at radius 2 is 2.47 bits per heavy atom. The van der Waals surface area contributed by atoms with Gasteiger partial charge in [-0.1, -0.05) is 13.0 Å². The molecular formula is C12H20N2S. The molecule has 2 atom stereocenters. The summed E-state index contributed by atoms with van der Waals surface area (Å²) in [7, 11) is 0. The lowest BCUT2D eigenvalue weighted by atomic mass is 9.88. The molecule has 0 aliphatic carbocycles. The zero-order chi connectivity index (χ0) is 10.7. The Kier molecular flexibility index (Phi) is 3.78. The van der Waals surface area contributed by atoms with Gasteiger partial charge < -0.3 is 5.73 Å². The first-order valence-corrected chi connectivity index (χ1v) is 6.72. The molecule has 1 aromatic heterocycles. The molecule has 0 radical (unpaired) electrons. The van der Waals surface area contributed by atoms with Gasteiger partial charge in [-0.05, 0) is 49.8 Å². The van der Waals surface area contributed by atoms with Gasteiger partial charge in [0, 0.05) is 10.9 Å². The van der Waals surface area contributed by atoms with E-state index in [0.717, 1.165) is 13.1 Å². The van der Waals surface area contributed by atoms with Gasteiger partial charge in [0.05, 0.1) is 0 Å². The van der Waals surface area contributed by atoms with Crippen molar-refractivity contribution in [2.45, 2.75) is 25.8 Å². The molecule has 0 saturated carbocycles. The van der Waals surface area contributed by atoms with Crippen molar-refractivity contribution in [3.8, 4) is 0 Å². The lowest BCUT2D eigenvalue weighted by molar-refractivity contribution is 0.105. The third-order valence-corrected chi connectivity index (χ3v) is 4.35. The fraction of sp³-hybridized carbons (Fsp3) is 0.667. The summed E-state index contributed by atoms with van der Waals surface area (Å²) >= 11 is 1.87. The maximum atomic E-state index is 5.89. The first kappa shape index (κ1) is 11.1. The van der Waals surface area contributed by atoms with Gasteiger partial charge in [0.15, 0.2) is 0 Å². The Balaban J connectivity index is 2.20. The average Bonchev–Trinajstić information content (AvgIpc) is 2.81. The lowest BCUT2D eigenvalue weighted by Gasteiger charge is -2.40. The van der Waals surface area contributed by atoms with E-state index in [9.17, 15) is 0 Å². The van der Waals surface area contributed by atoms with E-state index in [4.69, 9.17) is 5.73 Å².